The van der Waals surface area contributed by atoms with E-state index in [4.69, 9.17) is 10.5 Å². The fraction of sp³-hybridized carbons (Fsp3) is 0.158. The highest BCUT2D eigenvalue weighted by atomic mass is 32.2. The van der Waals surface area contributed by atoms with Gasteiger partial charge in [0.05, 0.1) is 29.9 Å². The van der Waals surface area contributed by atoms with Crippen LogP contribution in [0.2, 0.25) is 0 Å². The van der Waals surface area contributed by atoms with E-state index in [0.717, 1.165) is 22.7 Å². The zero-order valence-electron chi connectivity index (χ0n) is 14.0. The molecule has 1 aromatic heterocycles. The number of thioether (sulfide) groups is 1. The number of aromatic nitrogens is 2. The molecule has 0 saturated carbocycles. The largest absolute Gasteiger partial charge is 0.495 e. The van der Waals surface area contributed by atoms with Gasteiger partial charge in [0.2, 0.25) is 5.91 Å². The van der Waals surface area contributed by atoms with E-state index in [0.29, 0.717) is 5.16 Å². The maximum atomic E-state index is 11.5. The maximum absolute atomic E-state index is 11.5. The zero-order chi connectivity index (χ0) is 17.8. The summed E-state index contributed by atoms with van der Waals surface area (Å²) in [5.74, 6) is 0.354. The molecule has 0 saturated heterocycles. The van der Waals surface area contributed by atoms with E-state index in [1.54, 1.807) is 20.2 Å². The molecule has 0 aliphatic carbocycles. The average Bonchev–Trinajstić information content (AvgIpc) is 3.05. The Balaban J connectivity index is 2.18. The van der Waals surface area contributed by atoms with Crippen molar-refractivity contribution in [3.8, 4) is 22.7 Å². The summed E-state index contributed by atoms with van der Waals surface area (Å²) in [6, 6.07) is 17.7. The summed E-state index contributed by atoms with van der Waals surface area (Å²) >= 11 is 1.33. The van der Waals surface area contributed by atoms with E-state index in [2.05, 4.69) is 4.98 Å². The van der Waals surface area contributed by atoms with Gasteiger partial charge in [-0.15, -0.1) is 0 Å². The van der Waals surface area contributed by atoms with Crippen LogP contribution in [0.25, 0.3) is 16.9 Å². The van der Waals surface area contributed by atoms with Crippen LogP contribution in [0.5, 0.6) is 5.75 Å². The zero-order valence-corrected chi connectivity index (χ0v) is 14.9. The monoisotopic (exact) mass is 353 g/mol. The second-order valence-corrected chi connectivity index (χ2v) is 6.77. The van der Waals surface area contributed by atoms with Gasteiger partial charge in [0.1, 0.15) is 5.75 Å². The Morgan fingerprint density at radius 3 is 2.52 bits per heavy atom. The van der Waals surface area contributed by atoms with E-state index < -0.39 is 0 Å². The van der Waals surface area contributed by atoms with Crippen LogP contribution in [0.3, 0.4) is 0 Å². The summed E-state index contributed by atoms with van der Waals surface area (Å²) in [5.41, 5.74) is 8.23. The second-order valence-electron chi connectivity index (χ2n) is 5.46. The van der Waals surface area contributed by atoms with Crippen molar-refractivity contribution in [2.75, 3.05) is 7.11 Å². The molecule has 0 aliphatic rings. The van der Waals surface area contributed by atoms with Crippen LogP contribution < -0.4 is 10.5 Å². The summed E-state index contributed by atoms with van der Waals surface area (Å²) in [6.45, 7) is 1.77. The van der Waals surface area contributed by atoms with Gasteiger partial charge in [-0.25, -0.2) is 4.98 Å². The van der Waals surface area contributed by atoms with Crippen molar-refractivity contribution in [2.24, 2.45) is 5.73 Å². The van der Waals surface area contributed by atoms with E-state index in [1.807, 2.05) is 59.2 Å². The number of amides is 1. The smallest absolute Gasteiger partial charge is 0.230 e. The predicted octanol–water partition coefficient (Wildman–Crippen LogP) is 3.51. The van der Waals surface area contributed by atoms with E-state index in [-0.39, 0.29) is 11.2 Å². The first-order valence-corrected chi connectivity index (χ1v) is 8.72. The minimum absolute atomic E-state index is 0.374. The Morgan fingerprint density at radius 1 is 1.16 bits per heavy atom. The number of ether oxygens (including phenoxy) is 1. The van der Waals surface area contributed by atoms with Gasteiger partial charge in [0.25, 0.3) is 0 Å². The number of hydrogen-bond acceptors (Lipinski definition) is 4. The number of nitrogens with two attached hydrogens (primary N) is 1. The Bertz CT molecular complexity index is 877. The fourth-order valence-corrected chi connectivity index (χ4v) is 3.34. The van der Waals surface area contributed by atoms with Crippen LogP contribution in [0, 0.1) is 0 Å². The molecule has 128 valence electrons. The third-order valence-corrected chi connectivity index (χ3v) is 4.89. The quantitative estimate of drug-likeness (QED) is 0.689. The van der Waals surface area contributed by atoms with E-state index in [9.17, 15) is 4.79 Å². The fourth-order valence-electron chi connectivity index (χ4n) is 2.49. The Labute approximate surface area is 150 Å². The van der Waals surface area contributed by atoms with Crippen LogP contribution in [0.1, 0.15) is 6.92 Å². The summed E-state index contributed by atoms with van der Waals surface area (Å²) in [5, 5.41) is 0.300. The molecule has 5 nitrogen and oxygen atoms in total. The van der Waals surface area contributed by atoms with Crippen molar-refractivity contribution in [3.05, 3.63) is 60.8 Å². The average molecular weight is 353 g/mol. The first kappa shape index (κ1) is 17.1. The molecular weight excluding hydrogens is 334 g/mol. The van der Waals surface area contributed by atoms with Crippen molar-refractivity contribution >= 4 is 17.7 Å². The van der Waals surface area contributed by atoms with Gasteiger partial charge in [0, 0.05) is 5.56 Å². The minimum Gasteiger partial charge on any atom is -0.495 e. The highest BCUT2D eigenvalue weighted by Crippen LogP contribution is 2.34. The number of carbonyl (C=O) groups excluding carboxylic acids is 1. The van der Waals surface area contributed by atoms with Crippen molar-refractivity contribution in [3.63, 3.8) is 0 Å². The molecule has 0 unspecified atom stereocenters. The molecule has 6 heteroatoms. The van der Waals surface area contributed by atoms with Crippen LogP contribution in [-0.2, 0) is 4.79 Å². The molecule has 0 radical (unpaired) electrons. The molecule has 0 spiro atoms. The van der Waals surface area contributed by atoms with Gasteiger partial charge in [-0.3, -0.25) is 9.36 Å². The number of carbonyl (C=O) groups is 1. The molecule has 1 amide bonds. The van der Waals surface area contributed by atoms with Crippen molar-refractivity contribution in [2.45, 2.75) is 17.3 Å². The summed E-state index contributed by atoms with van der Waals surface area (Å²) in [4.78, 5) is 16.0. The van der Waals surface area contributed by atoms with Gasteiger partial charge in [0.15, 0.2) is 5.16 Å². The van der Waals surface area contributed by atoms with Crippen molar-refractivity contribution in [1.82, 2.24) is 9.55 Å². The van der Waals surface area contributed by atoms with Gasteiger partial charge in [-0.1, -0.05) is 54.2 Å². The molecule has 3 rings (SSSR count). The summed E-state index contributed by atoms with van der Waals surface area (Å²) in [7, 11) is 1.64. The number of para-hydroxylation sites is 2. The molecule has 1 atom stereocenters. The molecule has 0 bridgehead atoms. The number of benzene rings is 2. The minimum atomic E-state index is -0.389. The first-order chi connectivity index (χ1) is 12.1. The molecule has 1 heterocycles. The van der Waals surface area contributed by atoms with E-state index in [1.165, 1.54) is 11.8 Å². The number of rotatable bonds is 6. The lowest BCUT2D eigenvalue weighted by molar-refractivity contribution is -0.117. The maximum Gasteiger partial charge on any atom is 0.230 e. The van der Waals surface area contributed by atoms with Gasteiger partial charge in [-0.05, 0) is 19.1 Å². The Kier molecular flexibility index (Phi) is 5.09. The molecule has 2 aromatic carbocycles. The van der Waals surface area contributed by atoms with Crippen molar-refractivity contribution < 1.29 is 9.53 Å². The lowest BCUT2D eigenvalue weighted by Gasteiger charge is -2.16. The van der Waals surface area contributed by atoms with Crippen LogP contribution in [0.15, 0.2) is 66.0 Å². The second kappa shape index (κ2) is 7.44. The predicted molar refractivity (Wildman–Crippen MR) is 100 cm³/mol. The lowest BCUT2D eigenvalue weighted by atomic mass is 10.1. The van der Waals surface area contributed by atoms with Gasteiger partial charge >= 0.3 is 0 Å². The Hall–Kier alpha value is -2.73. The number of hydrogen-bond donors (Lipinski definition) is 1. The van der Waals surface area contributed by atoms with Crippen LogP contribution >= 0.6 is 11.8 Å². The first-order valence-electron chi connectivity index (χ1n) is 7.84. The lowest BCUT2D eigenvalue weighted by Crippen LogP contribution is -2.23. The van der Waals surface area contributed by atoms with Crippen LogP contribution in [0.4, 0.5) is 0 Å². The van der Waals surface area contributed by atoms with E-state index >= 15 is 0 Å². The van der Waals surface area contributed by atoms with Crippen molar-refractivity contribution in [1.29, 1.82) is 0 Å². The third-order valence-electron chi connectivity index (χ3n) is 3.81. The SMILES string of the molecule is COc1ccccc1-n1c(-c2ccccc2)cnc1S[C@@H](C)C(N)=O. The number of imidazole rings is 1. The highest BCUT2D eigenvalue weighted by Gasteiger charge is 2.20. The third kappa shape index (κ3) is 3.53. The molecule has 25 heavy (non-hydrogen) atoms. The topological polar surface area (TPSA) is 70.1 Å². The van der Waals surface area contributed by atoms with Gasteiger partial charge < -0.3 is 10.5 Å². The molecular formula is C19H19N3O2S. The molecule has 2 N–H and O–H groups in total. The Morgan fingerprint density at radius 2 is 1.84 bits per heavy atom. The molecule has 0 fully saturated rings. The van der Waals surface area contributed by atoms with Crippen LogP contribution in [-0.4, -0.2) is 27.8 Å². The number of methoxy groups -OCH3 is 1. The summed E-state index contributed by atoms with van der Waals surface area (Å²) in [6.07, 6.45) is 1.80. The van der Waals surface area contributed by atoms with Gasteiger partial charge in [-0.2, -0.15) is 0 Å². The number of nitrogens with zero attached hydrogens (tertiary/aromatic N) is 2. The normalized spacial score (nSPS) is 11.9. The standard InChI is InChI=1S/C19H19N3O2S/c1-13(18(20)23)25-19-21-12-16(14-8-4-3-5-9-14)22(19)15-10-6-7-11-17(15)24-2/h3-13H,1-2H3,(H2,20,23)/t13-/m0/s1. The molecule has 0 aliphatic heterocycles. The summed E-state index contributed by atoms with van der Waals surface area (Å²) < 4.78 is 7.52. The molecule has 3 aromatic rings. The highest BCUT2D eigenvalue weighted by molar-refractivity contribution is 8.00. The number of primary amides is 1.